The van der Waals surface area contributed by atoms with Gasteiger partial charge >= 0.3 is 0 Å². The molecule has 5 nitrogen and oxygen atoms in total. The lowest BCUT2D eigenvalue weighted by Crippen LogP contribution is -2.20. The molecule has 7 heteroatoms. The number of aliphatic hydroxyl groups excluding tert-OH is 1. The Bertz CT molecular complexity index is 1480. The summed E-state index contributed by atoms with van der Waals surface area (Å²) in [5.41, 5.74) is 5.13. The number of nitrogens with zero attached hydrogens (tertiary/aromatic N) is 3. The number of halogens is 1. The summed E-state index contributed by atoms with van der Waals surface area (Å²) in [7, 11) is 3.77. The Morgan fingerprint density at radius 1 is 1.00 bits per heavy atom. The Balaban J connectivity index is 1.81. The maximum Gasteiger partial charge on any atom is 0.259 e. The lowest BCUT2D eigenvalue weighted by Gasteiger charge is -2.08. The van der Waals surface area contributed by atoms with Crippen LogP contribution >= 0.6 is 22.9 Å². The molecule has 0 amide bonds. The van der Waals surface area contributed by atoms with Crippen molar-refractivity contribution in [3.05, 3.63) is 74.3 Å². The van der Waals surface area contributed by atoms with Gasteiger partial charge in [0.1, 0.15) is 10.7 Å². The van der Waals surface area contributed by atoms with Crippen LogP contribution in [0.25, 0.3) is 44.3 Å². The monoisotopic (exact) mass is 435 g/mol. The van der Waals surface area contributed by atoms with E-state index in [9.17, 15) is 9.90 Å². The van der Waals surface area contributed by atoms with E-state index in [2.05, 4.69) is 17.1 Å². The molecule has 0 aliphatic heterocycles. The molecule has 150 valence electrons. The fourth-order valence-corrected chi connectivity index (χ4v) is 4.79. The molecule has 5 rings (SSSR count). The lowest BCUT2D eigenvalue weighted by molar-refractivity contribution is 0.281. The summed E-state index contributed by atoms with van der Waals surface area (Å²) in [5.74, 6) is 0. The van der Waals surface area contributed by atoms with Crippen molar-refractivity contribution in [3.8, 4) is 22.4 Å². The van der Waals surface area contributed by atoms with E-state index in [-0.39, 0.29) is 12.2 Å². The highest BCUT2D eigenvalue weighted by atomic mass is 35.5. The maximum absolute atomic E-state index is 13.1. The fraction of sp³-hybridized carbons (Fsp3) is 0.130. The Hall–Kier alpha value is -2.93. The third-order valence-corrected chi connectivity index (χ3v) is 6.57. The van der Waals surface area contributed by atoms with Crippen LogP contribution in [0.15, 0.2) is 58.7 Å². The predicted octanol–water partition coefficient (Wildman–Crippen LogP) is 4.97. The second-order valence-corrected chi connectivity index (χ2v) is 8.62. The number of hydrogen-bond acceptors (Lipinski definition) is 4. The Morgan fingerprint density at radius 3 is 2.43 bits per heavy atom. The normalized spacial score (nSPS) is 11.6. The molecule has 0 bridgehead atoms. The van der Waals surface area contributed by atoms with Gasteiger partial charge in [-0.3, -0.25) is 9.36 Å². The van der Waals surface area contributed by atoms with E-state index >= 15 is 0 Å². The van der Waals surface area contributed by atoms with Crippen molar-refractivity contribution >= 4 is 44.9 Å². The highest BCUT2D eigenvalue weighted by Gasteiger charge is 2.17. The predicted molar refractivity (Wildman–Crippen MR) is 123 cm³/mol. The van der Waals surface area contributed by atoms with Gasteiger partial charge in [0, 0.05) is 46.4 Å². The van der Waals surface area contributed by atoms with E-state index in [0.717, 1.165) is 38.8 Å². The van der Waals surface area contributed by atoms with Crippen LogP contribution in [0.2, 0.25) is 5.02 Å². The number of aliphatic hydroxyl groups is 1. The van der Waals surface area contributed by atoms with Crippen LogP contribution in [0.3, 0.4) is 0 Å². The number of pyridine rings is 1. The molecule has 0 atom stereocenters. The first-order valence-electron chi connectivity index (χ1n) is 9.41. The van der Waals surface area contributed by atoms with Crippen LogP contribution in [0.5, 0.6) is 0 Å². The van der Waals surface area contributed by atoms with Crippen molar-refractivity contribution in [2.75, 3.05) is 0 Å². The fourth-order valence-electron chi connectivity index (χ4n) is 4.00. The summed E-state index contributed by atoms with van der Waals surface area (Å²) in [5, 5.41) is 14.7. The van der Waals surface area contributed by atoms with Crippen molar-refractivity contribution in [2.24, 2.45) is 14.1 Å². The lowest BCUT2D eigenvalue weighted by atomic mass is 10.0. The summed E-state index contributed by atoms with van der Waals surface area (Å²) >= 11 is 7.47. The minimum absolute atomic E-state index is 0.0527. The Morgan fingerprint density at radius 2 is 1.73 bits per heavy atom. The number of fused-ring (bicyclic) bond motifs is 3. The Kier molecular flexibility index (Phi) is 4.50. The number of hydrogen-bond donors (Lipinski definition) is 1. The van der Waals surface area contributed by atoms with Gasteiger partial charge in [-0.25, -0.2) is 4.98 Å². The van der Waals surface area contributed by atoms with Gasteiger partial charge in [-0.05, 0) is 35.9 Å². The van der Waals surface area contributed by atoms with Crippen molar-refractivity contribution in [3.63, 3.8) is 0 Å². The molecule has 0 saturated carbocycles. The first-order chi connectivity index (χ1) is 14.5. The van der Waals surface area contributed by atoms with Gasteiger partial charge in [0.05, 0.1) is 17.8 Å². The molecule has 1 N–H and O–H groups in total. The first kappa shape index (κ1) is 19.1. The van der Waals surface area contributed by atoms with E-state index < -0.39 is 0 Å². The molecule has 0 saturated heterocycles. The van der Waals surface area contributed by atoms with E-state index in [4.69, 9.17) is 11.6 Å². The zero-order valence-electron chi connectivity index (χ0n) is 16.4. The quantitative estimate of drug-likeness (QED) is 0.435. The van der Waals surface area contributed by atoms with E-state index in [1.54, 1.807) is 23.7 Å². The molecule has 0 aliphatic rings. The van der Waals surface area contributed by atoms with Gasteiger partial charge < -0.3 is 9.67 Å². The van der Waals surface area contributed by atoms with Gasteiger partial charge in [-0.1, -0.05) is 29.8 Å². The van der Waals surface area contributed by atoms with Gasteiger partial charge in [0.25, 0.3) is 5.56 Å². The molecule has 0 aliphatic carbocycles. The minimum atomic E-state index is -0.0618. The van der Waals surface area contributed by atoms with Gasteiger partial charge in [-0.2, -0.15) is 0 Å². The summed E-state index contributed by atoms with van der Waals surface area (Å²) in [4.78, 5) is 17.6. The number of aromatic nitrogens is 3. The number of rotatable bonds is 3. The molecule has 0 radical (unpaired) electrons. The van der Waals surface area contributed by atoms with E-state index in [1.165, 1.54) is 11.3 Å². The van der Waals surface area contributed by atoms with Gasteiger partial charge in [-0.15, -0.1) is 11.3 Å². The van der Waals surface area contributed by atoms with Crippen molar-refractivity contribution in [2.45, 2.75) is 6.61 Å². The zero-order chi connectivity index (χ0) is 21.0. The minimum Gasteiger partial charge on any atom is -0.389 e. The third kappa shape index (κ3) is 2.88. The van der Waals surface area contributed by atoms with Crippen molar-refractivity contribution in [1.29, 1.82) is 0 Å². The maximum atomic E-state index is 13.1. The van der Waals surface area contributed by atoms with Crippen molar-refractivity contribution in [1.82, 2.24) is 14.1 Å². The van der Waals surface area contributed by atoms with Crippen LogP contribution in [0, 0.1) is 0 Å². The molecule has 5 aromatic rings. The molecule has 0 unspecified atom stereocenters. The standard InChI is InChI=1S/C23H18ClN3O2S/c1-26-20-8-5-14(19-12-30-21(11-28)25-19)9-17(20)18-10-16(23(29)27(2)22(18)26)13-3-6-15(24)7-4-13/h3-10,12,28H,11H2,1-2H3. The average Bonchev–Trinajstić information content (AvgIpc) is 3.34. The van der Waals surface area contributed by atoms with Crippen LogP contribution in [0.4, 0.5) is 0 Å². The van der Waals surface area contributed by atoms with Crippen LogP contribution < -0.4 is 5.56 Å². The topological polar surface area (TPSA) is 60.1 Å². The second-order valence-electron chi connectivity index (χ2n) is 7.24. The summed E-state index contributed by atoms with van der Waals surface area (Å²) in [6, 6.07) is 15.5. The van der Waals surface area contributed by atoms with E-state index in [1.807, 2.05) is 41.3 Å². The zero-order valence-corrected chi connectivity index (χ0v) is 18.0. The molecule has 3 aromatic heterocycles. The van der Waals surface area contributed by atoms with Crippen LogP contribution in [-0.4, -0.2) is 19.2 Å². The summed E-state index contributed by atoms with van der Waals surface area (Å²) in [6.07, 6.45) is 0. The highest BCUT2D eigenvalue weighted by molar-refractivity contribution is 7.09. The van der Waals surface area contributed by atoms with Crippen molar-refractivity contribution < 1.29 is 5.11 Å². The smallest absolute Gasteiger partial charge is 0.259 e. The number of benzene rings is 2. The molecule has 30 heavy (non-hydrogen) atoms. The highest BCUT2D eigenvalue weighted by Crippen LogP contribution is 2.33. The number of thiazole rings is 1. The molecule has 2 aromatic carbocycles. The van der Waals surface area contributed by atoms with E-state index in [0.29, 0.717) is 15.6 Å². The Labute approximate surface area is 181 Å². The largest absolute Gasteiger partial charge is 0.389 e. The van der Waals surface area contributed by atoms with Crippen LogP contribution in [0.1, 0.15) is 5.01 Å². The molecule has 0 fully saturated rings. The van der Waals surface area contributed by atoms with Crippen LogP contribution in [-0.2, 0) is 20.7 Å². The van der Waals surface area contributed by atoms with Gasteiger partial charge in [0.15, 0.2) is 0 Å². The molecular formula is C23H18ClN3O2S. The molecule has 0 spiro atoms. The molecular weight excluding hydrogens is 418 g/mol. The third-order valence-electron chi connectivity index (χ3n) is 5.49. The summed E-state index contributed by atoms with van der Waals surface area (Å²) in [6.45, 7) is -0.0618. The average molecular weight is 436 g/mol. The van der Waals surface area contributed by atoms with Gasteiger partial charge in [0.2, 0.25) is 0 Å². The second kappa shape index (κ2) is 7.09. The summed E-state index contributed by atoms with van der Waals surface area (Å²) < 4.78 is 3.74. The first-order valence-corrected chi connectivity index (χ1v) is 10.7. The SMILES string of the molecule is Cn1c(=O)c(-c2ccc(Cl)cc2)cc2c3cc(-c4csc(CO)n4)ccc3n(C)c21. The number of aryl methyl sites for hydroxylation is 2. The molecule has 3 heterocycles.